The number of piperidine rings is 1. The van der Waals surface area contributed by atoms with Gasteiger partial charge in [0.15, 0.2) is 0 Å². The van der Waals surface area contributed by atoms with Gasteiger partial charge in [-0.1, -0.05) is 42.8 Å². The zero-order chi connectivity index (χ0) is 19.6. The first kappa shape index (κ1) is 18.7. The van der Waals surface area contributed by atoms with E-state index in [9.17, 15) is 13.2 Å². The van der Waals surface area contributed by atoms with Crippen LogP contribution in [0.2, 0.25) is 0 Å². The highest BCUT2D eigenvalue weighted by molar-refractivity contribution is 7.89. The van der Waals surface area contributed by atoms with E-state index in [1.807, 2.05) is 36.4 Å². The van der Waals surface area contributed by atoms with Gasteiger partial charge in [0, 0.05) is 24.3 Å². The summed E-state index contributed by atoms with van der Waals surface area (Å²) in [7, 11) is -3.47. The second-order valence-corrected chi connectivity index (χ2v) is 8.91. The predicted octanol–water partition coefficient (Wildman–Crippen LogP) is 4.27. The Morgan fingerprint density at radius 2 is 1.50 bits per heavy atom. The first-order valence-electron chi connectivity index (χ1n) is 9.45. The second kappa shape index (κ2) is 7.73. The van der Waals surface area contributed by atoms with Gasteiger partial charge >= 0.3 is 0 Å². The van der Waals surface area contributed by atoms with Gasteiger partial charge in [-0.3, -0.25) is 4.79 Å². The lowest BCUT2D eigenvalue weighted by Crippen LogP contribution is -2.35. The van der Waals surface area contributed by atoms with Crippen LogP contribution < -0.4 is 5.32 Å². The molecule has 6 heteroatoms. The fourth-order valence-corrected chi connectivity index (χ4v) is 5.10. The number of rotatable bonds is 4. The number of hydrogen-bond donors (Lipinski definition) is 1. The molecule has 144 valence electrons. The van der Waals surface area contributed by atoms with Crippen LogP contribution in [0.3, 0.4) is 0 Å². The van der Waals surface area contributed by atoms with Gasteiger partial charge in [-0.15, -0.1) is 0 Å². The van der Waals surface area contributed by atoms with E-state index in [1.54, 1.807) is 34.6 Å². The molecule has 1 aliphatic rings. The topological polar surface area (TPSA) is 66.5 Å². The molecular weight excluding hydrogens is 372 g/mol. The average Bonchev–Trinajstić information content (AvgIpc) is 2.74. The summed E-state index contributed by atoms with van der Waals surface area (Å²) in [6, 6.07) is 19.7. The highest BCUT2D eigenvalue weighted by Crippen LogP contribution is 2.23. The minimum atomic E-state index is -3.47. The van der Waals surface area contributed by atoms with Crippen LogP contribution in [-0.4, -0.2) is 31.7 Å². The molecule has 5 nitrogen and oxygen atoms in total. The van der Waals surface area contributed by atoms with Crippen molar-refractivity contribution in [3.8, 4) is 0 Å². The number of carbonyl (C=O) groups is 1. The number of fused-ring (bicyclic) bond motifs is 1. The highest BCUT2D eigenvalue weighted by atomic mass is 32.2. The number of nitrogens with zero attached hydrogens (tertiary/aromatic N) is 1. The number of hydrogen-bond acceptors (Lipinski definition) is 3. The smallest absolute Gasteiger partial charge is 0.256 e. The summed E-state index contributed by atoms with van der Waals surface area (Å²) < 4.78 is 27.0. The molecule has 1 aliphatic heterocycles. The largest absolute Gasteiger partial charge is 0.322 e. The number of carbonyl (C=O) groups excluding carboxylic acids is 1. The third-order valence-electron chi connectivity index (χ3n) is 5.10. The molecule has 1 amide bonds. The predicted molar refractivity (Wildman–Crippen MR) is 111 cm³/mol. The van der Waals surface area contributed by atoms with E-state index in [2.05, 4.69) is 5.32 Å². The Bertz CT molecular complexity index is 1100. The van der Waals surface area contributed by atoms with Crippen molar-refractivity contribution in [2.75, 3.05) is 18.4 Å². The Morgan fingerprint density at radius 1 is 0.821 bits per heavy atom. The van der Waals surface area contributed by atoms with Gasteiger partial charge in [0.1, 0.15) is 0 Å². The number of amides is 1. The monoisotopic (exact) mass is 394 g/mol. The van der Waals surface area contributed by atoms with Gasteiger partial charge < -0.3 is 5.32 Å². The molecule has 4 rings (SSSR count). The second-order valence-electron chi connectivity index (χ2n) is 6.97. The van der Waals surface area contributed by atoms with E-state index < -0.39 is 10.0 Å². The van der Waals surface area contributed by atoms with E-state index >= 15 is 0 Å². The van der Waals surface area contributed by atoms with Crippen LogP contribution in [0.4, 0.5) is 5.69 Å². The Morgan fingerprint density at radius 3 is 2.25 bits per heavy atom. The maximum Gasteiger partial charge on any atom is 0.256 e. The normalized spacial score (nSPS) is 15.4. The van der Waals surface area contributed by atoms with Gasteiger partial charge in [-0.05, 0) is 53.9 Å². The standard InChI is InChI=1S/C22H22N2O3S/c25-22(21-10-6-8-17-7-2-3-9-20(17)21)23-18-11-13-19(14-12-18)28(26,27)24-15-4-1-5-16-24/h2-3,6-14H,1,4-5,15-16H2,(H,23,25). The maximum absolute atomic E-state index is 12.7. The summed E-state index contributed by atoms with van der Waals surface area (Å²) in [5, 5.41) is 4.74. The molecule has 1 heterocycles. The van der Waals surface area contributed by atoms with Crippen molar-refractivity contribution < 1.29 is 13.2 Å². The lowest BCUT2D eigenvalue weighted by atomic mass is 10.0. The number of benzene rings is 3. The molecule has 1 saturated heterocycles. The van der Waals surface area contributed by atoms with E-state index in [0.29, 0.717) is 24.3 Å². The molecule has 0 saturated carbocycles. The third kappa shape index (κ3) is 3.66. The van der Waals surface area contributed by atoms with Crippen LogP contribution in [0.15, 0.2) is 71.6 Å². The molecule has 28 heavy (non-hydrogen) atoms. The van der Waals surface area contributed by atoms with Crippen molar-refractivity contribution in [1.82, 2.24) is 4.31 Å². The summed E-state index contributed by atoms with van der Waals surface area (Å²) in [4.78, 5) is 13.0. The Kier molecular flexibility index (Phi) is 5.15. The minimum Gasteiger partial charge on any atom is -0.322 e. The maximum atomic E-state index is 12.7. The van der Waals surface area contributed by atoms with Crippen molar-refractivity contribution in [3.05, 3.63) is 72.3 Å². The van der Waals surface area contributed by atoms with Gasteiger partial charge in [0.25, 0.3) is 5.91 Å². The molecule has 0 atom stereocenters. The molecule has 3 aromatic rings. The van der Waals surface area contributed by atoms with Crippen LogP contribution in [0.25, 0.3) is 10.8 Å². The lowest BCUT2D eigenvalue weighted by molar-refractivity contribution is 0.102. The Hall–Kier alpha value is -2.70. The zero-order valence-electron chi connectivity index (χ0n) is 15.5. The number of anilines is 1. The molecule has 0 aromatic heterocycles. The van der Waals surface area contributed by atoms with Gasteiger partial charge in [-0.25, -0.2) is 8.42 Å². The van der Waals surface area contributed by atoms with Crippen LogP contribution in [-0.2, 0) is 10.0 Å². The van der Waals surface area contributed by atoms with Crippen LogP contribution in [0.5, 0.6) is 0 Å². The molecule has 3 aromatic carbocycles. The van der Waals surface area contributed by atoms with Crippen LogP contribution in [0.1, 0.15) is 29.6 Å². The SMILES string of the molecule is O=C(Nc1ccc(S(=O)(=O)N2CCCCC2)cc1)c1cccc2ccccc12. The van der Waals surface area contributed by atoms with Gasteiger partial charge in [0.2, 0.25) is 10.0 Å². The average molecular weight is 394 g/mol. The molecule has 0 spiro atoms. The van der Waals surface area contributed by atoms with Crippen molar-refractivity contribution in [1.29, 1.82) is 0 Å². The third-order valence-corrected chi connectivity index (χ3v) is 7.01. The quantitative estimate of drug-likeness (QED) is 0.719. The van der Waals surface area contributed by atoms with E-state index in [0.717, 1.165) is 30.0 Å². The van der Waals surface area contributed by atoms with Gasteiger partial charge in [0.05, 0.1) is 4.90 Å². The van der Waals surface area contributed by atoms with Crippen LogP contribution in [0, 0.1) is 0 Å². The zero-order valence-corrected chi connectivity index (χ0v) is 16.3. The molecule has 0 radical (unpaired) electrons. The Labute approximate surface area is 165 Å². The van der Waals surface area contributed by atoms with Crippen molar-refractivity contribution in [2.24, 2.45) is 0 Å². The fraction of sp³-hybridized carbons (Fsp3) is 0.227. The summed E-state index contributed by atoms with van der Waals surface area (Å²) in [6.07, 6.45) is 2.88. The van der Waals surface area contributed by atoms with E-state index in [4.69, 9.17) is 0 Å². The fourth-order valence-electron chi connectivity index (χ4n) is 3.59. The summed E-state index contributed by atoms with van der Waals surface area (Å²) in [5.74, 6) is -0.219. The first-order valence-corrected chi connectivity index (χ1v) is 10.9. The van der Waals surface area contributed by atoms with E-state index in [-0.39, 0.29) is 10.8 Å². The first-order chi connectivity index (χ1) is 13.6. The minimum absolute atomic E-state index is 0.219. The van der Waals surface area contributed by atoms with Crippen molar-refractivity contribution in [2.45, 2.75) is 24.2 Å². The Balaban J connectivity index is 1.54. The molecule has 0 bridgehead atoms. The molecule has 0 unspecified atom stereocenters. The summed E-state index contributed by atoms with van der Waals surface area (Å²) >= 11 is 0. The molecule has 1 N–H and O–H groups in total. The van der Waals surface area contributed by atoms with Gasteiger partial charge in [-0.2, -0.15) is 4.31 Å². The number of sulfonamides is 1. The van der Waals surface area contributed by atoms with E-state index in [1.165, 1.54) is 0 Å². The molecule has 0 aliphatic carbocycles. The molecule has 1 fully saturated rings. The number of nitrogens with one attached hydrogen (secondary N) is 1. The van der Waals surface area contributed by atoms with Crippen molar-refractivity contribution in [3.63, 3.8) is 0 Å². The summed E-state index contributed by atoms with van der Waals surface area (Å²) in [5.41, 5.74) is 1.15. The molecular formula is C22H22N2O3S. The highest BCUT2D eigenvalue weighted by Gasteiger charge is 2.25. The lowest BCUT2D eigenvalue weighted by Gasteiger charge is -2.25. The van der Waals surface area contributed by atoms with Crippen LogP contribution >= 0.6 is 0 Å². The summed E-state index contributed by atoms with van der Waals surface area (Å²) in [6.45, 7) is 1.14. The van der Waals surface area contributed by atoms with Crippen molar-refractivity contribution >= 4 is 32.4 Å².